The molecule has 3 rings (SSSR count). The smallest absolute Gasteiger partial charge is 0.233 e. The Bertz CT molecular complexity index is 554. The van der Waals surface area contributed by atoms with Crippen LogP contribution in [0.5, 0.6) is 0 Å². The van der Waals surface area contributed by atoms with Gasteiger partial charge >= 0.3 is 0 Å². The molecule has 1 atom stereocenters. The minimum atomic E-state index is -0.411. The summed E-state index contributed by atoms with van der Waals surface area (Å²) in [6.07, 6.45) is 2.57. The van der Waals surface area contributed by atoms with Crippen molar-refractivity contribution in [2.24, 2.45) is 11.1 Å². The number of halogens is 2. The van der Waals surface area contributed by atoms with E-state index in [1.165, 1.54) is 12.1 Å². The van der Waals surface area contributed by atoms with Crippen molar-refractivity contribution in [2.45, 2.75) is 44.6 Å². The average Bonchev–Trinajstić information content (AvgIpc) is 3.23. The topological polar surface area (TPSA) is 46.3 Å². The van der Waals surface area contributed by atoms with E-state index in [-0.39, 0.29) is 35.6 Å². The number of amides is 1. The summed E-state index contributed by atoms with van der Waals surface area (Å²) in [6, 6.07) is 6.53. The second kappa shape index (κ2) is 5.82. The SMILES string of the molecule is CC1(C)CN(C(=O)C2(c3ccc(F)cc3)CC2)CCC1N.Cl. The number of nitrogens with two attached hydrogens (primary N) is 1. The van der Waals surface area contributed by atoms with Crippen molar-refractivity contribution in [1.29, 1.82) is 0 Å². The molecule has 0 aromatic heterocycles. The van der Waals surface area contributed by atoms with E-state index in [1.54, 1.807) is 12.1 Å². The van der Waals surface area contributed by atoms with Crippen LogP contribution in [0, 0.1) is 11.2 Å². The molecule has 1 amide bonds. The Labute approximate surface area is 137 Å². The van der Waals surface area contributed by atoms with E-state index in [0.717, 1.165) is 31.4 Å². The lowest BCUT2D eigenvalue weighted by Gasteiger charge is -2.43. The normalized spacial score (nSPS) is 25.3. The van der Waals surface area contributed by atoms with Gasteiger partial charge in [0.15, 0.2) is 0 Å². The predicted molar refractivity (Wildman–Crippen MR) is 87.5 cm³/mol. The number of piperidine rings is 1. The summed E-state index contributed by atoms with van der Waals surface area (Å²) in [4.78, 5) is 14.9. The number of rotatable bonds is 2. The second-order valence-corrected chi connectivity index (χ2v) is 7.20. The lowest BCUT2D eigenvalue weighted by Crippen LogP contribution is -2.55. The molecule has 1 saturated heterocycles. The highest BCUT2D eigenvalue weighted by atomic mass is 35.5. The number of nitrogens with zero attached hydrogens (tertiary/aromatic N) is 1. The Kier molecular flexibility index (Phi) is 4.56. The molecule has 0 bridgehead atoms. The molecule has 2 aliphatic rings. The zero-order valence-electron chi connectivity index (χ0n) is 13.1. The molecule has 122 valence electrons. The van der Waals surface area contributed by atoms with Crippen molar-refractivity contribution < 1.29 is 9.18 Å². The number of carbonyl (C=O) groups excluding carboxylic acids is 1. The molecule has 1 unspecified atom stereocenters. The number of carbonyl (C=O) groups is 1. The van der Waals surface area contributed by atoms with Crippen molar-refractivity contribution in [1.82, 2.24) is 4.90 Å². The first-order chi connectivity index (χ1) is 9.85. The Morgan fingerprint density at radius 2 is 1.86 bits per heavy atom. The van der Waals surface area contributed by atoms with Crippen LogP contribution in [0.2, 0.25) is 0 Å². The highest BCUT2D eigenvalue weighted by molar-refractivity contribution is 5.91. The fraction of sp³-hybridized carbons (Fsp3) is 0.588. The second-order valence-electron chi connectivity index (χ2n) is 7.20. The maximum absolute atomic E-state index is 13.1. The third-order valence-electron chi connectivity index (χ3n) is 5.16. The molecule has 1 aliphatic heterocycles. The molecule has 1 aliphatic carbocycles. The van der Waals surface area contributed by atoms with Gasteiger partial charge in [-0.25, -0.2) is 4.39 Å². The summed E-state index contributed by atoms with van der Waals surface area (Å²) in [5.41, 5.74) is 6.63. The molecule has 5 heteroatoms. The lowest BCUT2D eigenvalue weighted by atomic mass is 9.79. The number of benzene rings is 1. The highest BCUT2D eigenvalue weighted by Crippen LogP contribution is 2.50. The fourth-order valence-corrected chi connectivity index (χ4v) is 3.37. The minimum Gasteiger partial charge on any atom is -0.341 e. The monoisotopic (exact) mass is 326 g/mol. The van der Waals surface area contributed by atoms with E-state index >= 15 is 0 Å². The molecule has 1 aromatic carbocycles. The van der Waals surface area contributed by atoms with Crippen LogP contribution < -0.4 is 5.73 Å². The van der Waals surface area contributed by atoms with Gasteiger partial charge in [0.2, 0.25) is 5.91 Å². The summed E-state index contributed by atoms with van der Waals surface area (Å²) in [7, 11) is 0. The van der Waals surface area contributed by atoms with Gasteiger partial charge in [0.05, 0.1) is 5.41 Å². The summed E-state index contributed by atoms with van der Waals surface area (Å²) in [5, 5.41) is 0. The summed E-state index contributed by atoms with van der Waals surface area (Å²) in [6.45, 7) is 5.67. The first kappa shape index (κ1) is 17.2. The van der Waals surface area contributed by atoms with Crippen LogP contribution in [0.15, 0.2) is 24.3 Å². The minimum absolute atomic E-state index is 0. The molecule has 2 N–H and O–H groups in total. The zero-order chi connectivity index (χ0) is 15.3. The molecule has 2 fully saturated rings. The first-order valence-corrected chi connectivity index (χ1v) is 7.66. The van der Waals surface area contributed by atoms with Crippen molar-refractivity contribution >= 4 is 18.3 Å². The lowest BCUT2D eigenvalue weighted by molar-refractivity contribution is -0.137. The van der Waals surface area contributed by atoms with E-state index in [0.29, 0.717) is 6.54 Å². The quantitative estimate of drug-likeness (QED) is 0.908. The molecule has 22 heavy (non-hydrogen) atoms. The van der Waals surface area contributed by atoms with Gasteiger partial charge < -0.3 is 10.6 Å². The average molecular weight is 327 g/mol. The predicted octanol–water partition coefficient (Wildman–Crippen LogP) is 2.86. The molecule has 1 saturated carbocycles. The molecule has 1 aromatic rings. The summed E-state index contributed by atoms with van der Waals surface area (Å²) < 4.78 is 13.1. The van der Waals surface area contributed by atoms with Crippen LogP contribution in [-0.4, -0.2) is 29.9 Å². The van der Waals surface area contributed by atoms with E-state index in [2.05, 4.69) is 13.8 Å². The van der Waals surface area contributed by atoms with Gasteiger partial charge in [-0.1, -0.05) is 26.0 Å². The molecular formula is C17H24ClFN2O. The molecule has 0 radical (unpaired) electrons. The maximum atomic E-state index is 13.1. The van der Waals surface area contributed by atoms with Crippen LogP contribution in [0.1, 0.15) is 38.7 Å². The molecule has 3 nitrogen and oxygen atoms in total. The van der Waals surface area contributed by atoms with Gasteiger partial charge in [0, 0.05) is 19.1 Å². The van der Waals surface area contributed by atoms with Crippen molar-refractivity contribution in [3.05, 3.63) is 35.6 Å². The summed E-state index contributed by atoms with van der Waals surface area (Å²) in [5.74, 6) is -0.0684. The Morgan fingerprint density at radius 1 is 1.27 bits per heavy atom. The standard InChI is InChI=1S/C17H23FN2O.ClH/c1-16(2)11-20(10-7-14(16)19)15(21)17(8-9-17)12-3-5-13(18)6-4-12;/h3-6,14H,7-11,19H2,1-2H3;1H. The van der Waals surface area contributed by atoms with E-state index in [9.17, 15) is 9.18 Å². The van der Waals surface area contributed by atoms with Crippen LogP contribution in [0.3, 0.4) is 0 Å². The third kappa shape index (κ3) is 2.86. The summed E-state index contributed by atoms with van der Waals surface area (Å²) >= 11 is 0. The van der Waals surface area contributed by atoms with Crippen LogP contribution in [-0.2, 0) is 10.2 Å². The van der Waals surface area contributed by atoms with Crippen LogP contribution >= 0.6 is 12.4 Å². The fourth-order valence-electron chi connectivity index (χ4n) is 3.37. The first-order valence-electron chi connectivity index (χ1n) is 7.66. The molecule has 0 spiro atoms. The van der Waals surface area contributed by atoms with Gasteiger partial charge in [-0.2, -0.15) is 0 Å². The number of hydrogen-bond donors (Lipinski definition) is 1. The van der Waals surface area contributed by atoms with Gasteiger partial charge in [0.1, 0.15) is 5.82 Å². The van der Waals surface area contributed by atoms with Gasteiger partial charge in [-0.15, -0.1) is 12.4 Å². The number of hydrogen-bond acceptors (Lipinski definition) is 2. The van der Waals surface area contributed by atoms with Crippen LogP contribution in [0.4, 0.5) is 4.39 Å². The highest BCUT2D eigenvalue weighted by Gasteiger charge is 2.54. The van der Waals surface area contributed by atoms with E-state index in [1.807, 2.05) is 4.90 Å². The van der Waals surface area contributed by atoms with Gasteiger partial charge in [-0.3, -0.25) is 4.79 Å². The van der Waals surface area contributed by atoms with Gasteiger partial charge in [-0.05, 0) is 42.4 Å². The Balaban J connectivity index is 0.00000176. The van der Waals surface area contributed by atoms with Crippen LogP contribution in [0.25, 0.3) is 0 Å². The maximum Gasteiger partial charge on any atom is 0.233 e. The van der Waals surface area contributed by atoms with Crippen molar-refractivity contribution in [3.63, 3.8) is 0 Å². The number of likely N-dealkylation sites (tertiary alicyclic amines) is 1. The molecule has 1 heterocycles. The zero-order valence-corrected chi connectivity index (χ0v) is 14.0. The third-order valence-corrected chi connectivity index (χ3v) is 5.16. The molecular weight excluding hydrogens is 303 g/mol. The van der Waals surface area contributed by atoms with E-state index in [4.69, 9.17) is 5.73 Å². The van der Waals surface area contributed by atoms with Crippen molar-refractivity contribution in [2.75, 3.05) is 13.1 Å². The Morgan fingerprint density at radius 3 is 2.36 bits per heavy atom. The van der Waals surface area contributed by atoms with Gasteiger partial charge in [0.25, 0.3) is 0 Å². The van der Waals surface area contributed by atoms with Crippen molar-refractivity contribution in [3.8, 4) is 0 Å². The largest absolute Gasteiger partial charge is 0.341 e. The van der Waals surface area contributed by atoms with E-state index < -0.39 is 5.41 Å². The Hall–Kier alpha value is -1.13.